The second-order valence-corrected chi connectivity index (χ2v) is 5.89. The molecule has 4 nitrogen and oxygen atoms in total. The minimum Gasteiger partial charge on any atom is -0.409 e. The maximum Gasteiger partial charge on any atom is 0.170 e. The fourth-order valence-corrected chi connectivity index (χ4v) is 2.67. The van der Waals surface area contributed by atoms with Crippen LogP contribution in [-0.4, -0.2) is 18.1 Å². The van der Waals surface area contributed by atoms with Crippen LogP contribution >= 0.6 is 15.9 Å². The molecule has 0 aliphatic rings. The average Bonchev–Trinajstić information content (AvgIpc) is 2.46. The van der Waals surface area contributed by atoms with Gasteiger partial charge in [-0.2, -0.15) is 0 Å². The Labute approximate surface area is 133 Å². The molecule has 0 aromatic heterocycles. The molecular formula is C16H18BrN3O. The van der Waals surface area contributed by atoms with Gasteiger partial charge in [-0.25, -0.2) is 0 Å². The van der Waals surface area contributed by atoms with Gasteiger partial charge in [0, 0.05) is 29.3 Å². The molecule has 3 N–H and O–H groups in total. The van der Waals surface area contributed by atoms with Crippen LogP contribution in [-0.2, 0) is 6.54 Å². The van der Waals surface area contributed by atoms with Gasteiger partial charge in [0.2, 0.25) is 0 Å². The van der Waals surface area contributed by atoms with E-state index < -0.39 is 0 Å². The van der Waals surface area contributed by atoms with E-state index in [0.29, 0.717) is 0 Å². The van der Waals surface area contributed by atoms with Gasteiger partial charge in [0.05, 0.1) is 0 Å². The number of nitrogens with two attached hydrogens (primary N) is 1. The lowest BCUT2D eigenvalue weighted by Crippen LogP contribution is -2.18. The van der Waals surface area contributed by atoms with Crippen LogP contribution in [0.3, 0.4) is 0 Å². The quantitative estimate of drug-likeness (QED) is 0.385. The Morgan fingerprint density at radius 1 is 1.29 bits per heavy atom. The van der Waals surface area contributed by atoms with Crippen LogP contribution in [0.2, 0.25) is 0 Å². The summed E-state index contributed by atoms with van der Waals surface area (Å²) in [5.41, 5.74) is 9.68. The Balaban J connectivity index is 2.20. The molecule has 0 amide bonds. The maximum absolute atomic E-state index is 8.76. The van der Waals surface area contributed by atoms with E-state index in [1.807, 2.05) is 44.3 Å². The van der Waals surface area contributed by atoms with Gasteiger partial charge >= 0.3 is 0 Å². The highest BCUT2D eigenvalue weighted by molar-refractivity contribution is 9.10. The first-order valence-electron chi connectivity index (χ1n) is 6.55. The summed E-state index contributed by atoms with van der Waals surface area (Å²) in [5.74, 6) is 0.133. The zero-order chi connectivity index (χ0) is 15.4. The number of amidine groups is 1. The molecule has 2 aromatic rings. The lowest BCUT2D eigenvalue weighted by atomic mass is 10.1. The van der Waals surface area contributed by atoms with Gasteiger partial charge in [-0.1, -0.05) is 33.2 Å². The highest BCUT2D eigenvalue weighted by Gasteiger charge is 2.08. The molecule has 2 aromatic carbocycles. The van der Waals surface area contributed by atoms with E-state index in [4.69, 9.17) is 10.9 Å². The molecule has 0 spiro atoms. The van der Waals surface area contributed by atoms with Crippen LogP contribution in [0.4, 0.5) is 5.69 Å². The number of hydrogen-bond donors (Lipinski definition) is 2. The Morgan fingerprint density at radius 3 is 2.67 bits per heavy atom. The first-order valence-corrected chi connectivity index (χ1v) is 7.34. The third-order valence-corrected chi connectivity index (χ3v) is 3.84. The second-order valence-electron chi connectivity index (χ2n) is 4.97. The van der Waals surface area contributed by atoms with E-state index in [9.17, 15) is 0 Å². The first-order chi connectivity index (χ1) is 10.0. The second kappa shape index (κ2) is 6.63. The lowest BCUT2D eigenvalue weighted by molar-refractivity contribution is 0.318. The summed E-state index contributed by atoms with van der Waals surface area (Å²) in [7, 11) is 2.04. The summed E-state index contributed by atoms with van der Waals surface area (Å²) >= 11 is 3.48. The topological polar surface area (TPSA) is 61.8 Å². The summed E-state index contributed by atoms with van der Waals surface area (Å²) in [6, 6.07) is 14.1. The third-order valence-electron chi connectivity index (χ3n) is 3.34. The molecule has 0 aliphatic heterocycles. The van der Waals surface area contributed by atoms with E-state index >= 15 is 0 Å². The van der Waals surface area contributed by atoms with Gasteiger partial charge in [-0.05, 0) is 48.4 Å². The van der Waals surface area contributed by atoms with E-state index in [0.717, 1.165) is 27.8 Å². The van der Waals surface area contributed by atoms with Gasteiger partial charge in [0.25, 0.3) is 0 Å². The molecule has 0 aliphatic carbocycles. The van der Waals surface area contributed by atoms with Crippen molar-refractivity contribution in [3.05, 3.63) is 63.6 Å². The molecule has 0 atom stereocenters. The molecule has 0 saturated carbocycles. The molecule has 0 radical (unpaired) electrons. The molecule has 0 saturated heterocycles. The fraction of sp³-hybridized carbons (Fsp3) is 0.188. The minimum atomic E-state index is 0.133. The maximum atomic E-state index is 8.76. The van der Waals surface area contributed by atoms with Crippen molar-refractivity contribution < 1.29 is 5.21 Å². The molecule has 5 heteroatoms. The Kier molecular flexibility index (Phi) is 4.85. The molecule has 0 heterocycles. The van der Waals surface area contributed by atoms with Crippen molar-refractivity contribution in [1.29, 1.82) is 0 Å². The van der Waals surface area contributed by atoms with E-state index in [1.54, 1.807) is 0 Å². The largest absolute Gasteiger partial charge is 0.409 e. The highest BCUT2D eigenvalue weighted by atomic mass is 79.9. The fourth-order valence-electron chi connectivity index (χ4n) is 2.23. The van der Waals surface area contributed by atoms with Crippen LogP contribution < -0.4 is 10.6 Å². The standard InChI is InChI=1S/C16H18BrN3O/c1-11-8-14(6-7-15(11)16(18)19-21)20(2)10-12-4-3-5-13(17)9-12/h3-9,21H,10H2,1-2H3,(H2,18,19). The molecule has 0 fully saturated rings. The monoisotopic (exact) mass is 347 g/mol. The van der Waals surface area contributed by atoms with Crippen molar-refractivity contribution in [3.63, 3.8) is 0 Å². The SMILES string of the molecule is Cc1cc(N(C)Cc2cccc(Br)c2)ccc1/C(N)=N/O. The van der Waals surface area contributed by atoms with E-state index in [1.165, 1.54) is 5.56 Å². The number of anilines is 1. The van der Waals surface area contributed by atoms with Crippen molar-refractivity contribution in [1.82, 2.24) is 0 Å². The van der Waals surface area contributed by atoms with Gasteiger partial charge in [-0.3, -0.25) is 0 Å². The number of halogens is 1. The number of aryl methyl sites for hydroxylation is 1. The molecule has 0 unspecified atom stereocenters. The number of hydrogen-bond acceptors (Lipinski definition) is 3. The van der Waals surface area contributed by atoms with Gasteiger partial charge in [0.1, 0.15) is 0 Å². The Morgan fingerprint density at radius 2 is 2.05 bits per heavy atom. The molecular weight excluding hydrogens is 330 g/mol. The minimum absolute atomic E-state index is 0.133. The van der Waals surface area contributed by atoms with Crippen LogP contribution in [0, 0.1) is 6.92 Å². The summed E-state index contributed by atoms with van der Waals surface area (Å²) in [6.45, 7) is 2.76. The lowest BCUT2D eigenvalue weighted by Gasteiger charge is -2.21. The van der Waals surface area contributed by atoms with Crippen LogP contribution in [0.1, 0.15) is 16.7 Å². The molecule has 2 rings (SSSR count). The third kappa shape index (κ3) is 3.76. The normalized spacial score (nSPS) is 11.5. The molecule has 110 valence electrons. The number of rotatable bonds is 4. The first kappa shape index (κ1) is 15.4. The van der Waals surface area contributed by atoms with Gasteiger partial charge in [-0.15, -0.1) is 0 Å². The van der Waals surface area contributed by atoms with Crippen LogP contribution in [0.5, 0.6) is 0 Å². The van der Waals surface area contributed by atoms with Crippen molar-refractivity contribution >= 4 is 27.5 Å². The number of benzene rings is 2. The predicted molar refractivity (Wildman–Crippen MR) is 89.9 cm³/mol. The summed E-state index contributed by atoms with van der Waals surface area (Å²) < 4.78 is 1.08. The smallest absolute Gasteiger partial charge is 0.170 e. The van der Waals surface area contributed by atoms with Crippen molar-refractivity contribution in [2.45, 2.75) is 13.5 Å². The zero-order valence-electron chi connectivity index (χ0n) is 12.0. The van der Waals surface area contributed by atoms with Gasteiger partial charge < -0.3 is 15.8 Å². The van der Waals surface area contributed by atoms with E-state index in [2.05, 4.69) is 38.1 Å². The predicted octanol–water partition coefficient (Wildman–Crippen LogP) is 3.49. The highest BCUT2D eigenvalue weighted by Crippen LogP contribution is 2.21. The Hall–Kier alpha value is -2.01. The van der Waals surface area contributed by atoms with Crippen LogP contribution in [0.15, 0.2) is 52.1 Å². The summed E-state index contributed by atoms with van der Waals surface area (Å²) in [6.07, 6.45) is 0. The average molecular weight is 348 g/mol. The molecule has 0 bridgehead atoms. The van der Waals surface area contributed by atoms with Crippen molar-refractivity contribution in [2.24, 2.45) is 10.9 Å². The summed E-state index contributed by atoms with van der Waals surface area (Å²) in [5, 5.41) is 11.8. The molecule has 21 heavy (non-hydrogen) atoms. The number of oxime groups is 1. The van der Waals surface area contributed by atoms with Crippen LogP contribution in [0.25, 0.3) is 0 Å². The van der Waals surface area contributed by atoms with Gasteiger partial charge in [0.15, 0.2) is 5.84 Å². The Bertz CT molecular complexity index is 670. The number of nitrogens with zero attached hydrogens (tertiary/aromatic N) is 2. The van der Waals surface area contributed by atoms with Crippen molar-refractivity contribution in [3.8, 4) is 0 Å². The van der Waals surface area contributed by atoms with Crippen molar-refractivity contribution in [2.75, 3.05) is 11.9 Å². The zero-order valence-corrected chi connectivity index (χ0v) is 13.6. The summed E-state index contributed by atoms with van der Waals surface area (Å²) in [4.78, 5) is 2.16. The van der Waals surface area contributed by atoms with E-state index in [-0.39, 0.29) is 5.84 Å².